The molecule has 2 unspecified atom stereocenters. The van der Waals surface area contributed by atoms with Crippen molar-refractivity contribution in [3.63, 3.8) is 0 Å². The molecule has 5 nitrogen and oxygen atoms in total. The van der Waals surface area contributed by atoms with Crippen LogP contribution in [0.1, 0.15) is 26.2 Å². The lowest BCUT2D eigenvalue weighted by atomic mass is 10.00. The monoisotopic (exact) mass is 244 g/mol. The minimum absolute atomic E-state index is 0.0545. The van der Waals surface area contributed by atoms with Gasteiger partial charge in [-0.25, -0.2) is 0 Å². The molecule has 2 atom stereocenters. The fourth-order valence-electron chi connectivity index (χ4n) is 2.00. The lowest BCUT2D eigenvalue weighted by Crippen LogP contribution is -2.47. The molecular formula is C12H24N2O3. The third-order valence-corrected chi connectivity index (χ3v) is 2.92. The van der Waals surface area contributed by atoms with E-state index in [0.717, 1.165) is 6.42 Å². The van der Waals surface area contributed by atoms with Gasteiger partial charge in [0.05, 0.1) is 13.2 Å². The van der Waals surface area contributed by atoms with Gasteiger partial charge in [-0.3, -0.25) is 4.79 Å². The number of hydrogen-bond donors (Lipinski definition) is 2. The summed E-state index contributed by atoms with van der Waals surface area (Å²) in [5.74, 6) is -0.0545. The molecule has 0 radical (unpaired) electrons. The third-order valence-electron chi connectivity index (χ3n) is 2.92. The normalized spacial score (nSPS) is 24.6. The summed E-state index contributed by atoms with van der Waals surface area (Å²) in [6.07, 6.45) is 3.60. The quantitative estimate of drug-likeness (QED) is 0.632. The highest BCUT2D eigenvalue weighted by Gasteiger charge is 2.17. The Hall–Kier alpha value is -0.650. The molecule has 5 heteroatoms. The van der Waals surface area contributed by atoms with Crippen LogP contribution in [0.5, 0.6) is 0 Å². The van der Waals surface area contributed by atoms with Crippen LogP contribution in [0.3, 0.4) is 0 Å². The van der Waals surface area contributed by atoms with E-state index in [4.69, 9.17) is 9.47 Å². The summed E-state index contributed by atoms with van der Waals surface area (Å²) in [6.45, 7) is 3.97. The Balaban J connectivity index is 2.02. The predicted molar refractivity (Wildman–Crippen MR) is 65.9 cm³/mol. The Morgan fingerprint density at radius 3 is 2.94 bits per heavy atom. The van der Waals surface area contributed by atoms with Crippen molar-refractivity contribution in [3.05, 3.63) is 0 Å². The van der Waals surface area contributed by atoms with Crippen molar-refractivity contribution in [2.45, 2.75) is 38.3 Å². The van der Waals surface area contributed by atoms with Gasteiger partial charge in [0.1, 0.15) is 6.61 Å². The minimum Gasteiger partial charge on any atom is -0.382 e. The summed E-state index contributed by atoms with van der Waals surface area (Å²) in [5, 5.41) is 6.36. The molecule has 0 saturated carbocycles. The SMILES string of the molecule is COCCOCC(=O)NCC1CCCC(C)N1. The molecule has 1 fully saturated rings. The smallest absolute Gasteiger partial charge is 0.246 e. The van der Waals surface area contributed by atoms with Crippen molar-refractivity contribution in [2.75, 3.05) is 33.5 Å². The Bertz CT molecular complexity index is 224. The summed E-state index contributed by atoms with van der Waals surface area (Å²) in [4.78, 5) is 11.4. The number of nitrogens with one attached hydrogen (secondary N) is 2. The fraction of sp³-hybridized carbons (Fsp3) is 0.917. The van der Waals surface area contributed by atoms with Crippen LogP contribution in [0.15, 0.2) is 0 Å². The van der Waals surface area contributed by atoms with E-state index in [-0.39, 0.29) is 12.5 Å². The van der Waals surface area contributed by atoms with E-state index >= 15 is 0 Å². The highest BCUT2D eigenvalue weighted by molar-refractivity contribution is 5.77. The molecular weight excluding hydrogens is 220 g/mol. The number of rotatable bonds is 7. The molecule has 0 spiro atoms. The first kappa shape index (κ1) is 14.4. The van der Waals surface area contributed by atoms with Gasteiger partial charge < -0.3 is 20.1 Å². The van der Waals surface area contributed by atoms with Gasteiger partial charge in [-0.1, -0.05) is 6.42 Å². The number of hydrogen-bond acceptors (Lipinski definition) is 4. The number of carbonyl (C=O) groups excluding carboxylic acids is 1. The van der Waals surface area contributed by atoms with Crippen LogP contribution in [-0.4, -0.2) is 51.5 Å². The highest BCUT2D eigenvalue weighted by atomic mass is 16.5. The van der Waals surface area contributed by atoms with E-state index in [1.807, 2.05) is 0 Å². The Labute approximate surface area is 103 Å². The van der Waals surface area contributed by atoms with Crippen LogP contribution in [0.4, 0.5) is 0 Å². The standard InChI is InChI=1S/C12H24N2O3/c1-10-4-3-5-11(14-10)8-13-12(15)9-17-7-6-16-2/h10-11,14H,3-9H2,1-2H3,(H,13,15). The first-order chi connectivity index (χ1) is 8.22. The van der Waals surface area contributed by atoms with Crippen LogP contribution in [-0.2, 0) is 14.3 Å². The molecule has 100 valence electrons. The van der Waals surface area contributed by atoms with Gasteiger partial charge in [0.2, 0.25) is 5.91 Å². The van der Waals surface area contributed by atoms with E-state index in [2.05, 4.69) is 17.6 Å². The summed E-state index contributed by atoms with van der Waals surface area (Å²) in [5.41, 5.74) is 0. The largest absolute Gasteiger partial charge is 0.382 e. The van der Waals surface area contributed by atoms with Crippen LogP contribution in [0.25, 0.3) is 0 Å². The maximum absolute atomic E-state index is 11.4. The zero-order valence-electron chi connectivity index (χ0n) is 10.8. The molecule has 1 heterocycles. The number of amides is 1. The van der Waals surface area contributed by atoms with Gasteiger partial charge in [0.25, 0.3) is 0 Å². The van der Waals surface area contributed by atoms with Crippen molar-refractivity contribution in [1.82, 2.24) is 10.6 Å². The Kier molecular flexibility index (Phi) is 7.16. The van der Waals surface area contributed by atoms with Crippen molar-refractivity contribution in [1.29, 1.82) is 0 Å². The van der Waals surface area contributed by atoms with Crippen LogP contribution in [0.2, 0.25) is 0 Å². The van der Waals surface area contributed by atoms with Gasteiger partial charge in [0, 0.05) is 25.7 Å². The molecule has 0 aromatic carbocycles. The van der Waals surface area contributed by atoms with Crippen molar-refractivity contribution in [2.24, 2.45) is 0 Å². The van der Waals surface area contributed by atoms with Crippen molar-refractivity contribution in [3.8, 4) is 0 Å². The van der Waals surface area contributed by atoms with Gasteiger partial charge in [0.15, 0.2) is 0 Å². The predicted octanol–water partition coefficient (Wildman–Crippen LogP) is 0.296. The number of piperidine rings is 1. The van der Waals surface area contributed by atoms with E-state index < -0.39 is 0 Å². The maximum Gasteiger partial charge on any atom is 0.246 e. The number of carbonyl (C=O) groups is 1. The van der Waals surface area contributed by atoms with Gasteiger partial charge in [-0.2, -0.15) is 0 Å². The van der Waals surface area contributed by atoms with Gasteiger partial charge >= 0.3 is 0 Å². The second kappa shape index (κ2) is 8.44. The molecule has 17 heavy (non-hydrogen) atoms. The summed E-state index contributed by atoms with van der Waals surface area (Å²) < 4.78 is 9.96. The topological polar surface area (TPSA) is 59.6 Å². The van der Waals surface area contributed by atoms with Crippen molar-refractivity contribution >= 4 is 5.91 Å². The van der Waals surface area contributed by atoms with E-state index in [0.29, 0.717) is 31.8 Å². The lowest BCUT2D eigenvalue weighted by molar-refractivity contribution is -0.126. The average Bonchev–Trinajstić information content (AvgIpc) is 2.32. The van der Waals surface area contributed by atoms with Gasteiger partial charge in [-0.15, -0.1) is 0 Å². The van der Waals surface area contributed by atoms with Crippen molar-refractivity contribution < 1.29 is 14.3 Å². The molecule has 2 N–H and O–H groups in total. The van der Waals surface area contributed by atoms with Crippen LogP contribution < -0.4 is 10.6 Å². The summed E-state index contributed by atoms with van der Waals surface area (Å²) >= 11 is 0. The first-order valence-electron chi connectivity index (χ1n) is 6.31. The fourth-order valence-corrected chi connectivity index (χ4v) is 2.00. The zero-order valence-corrected chi connectivity index (χ0v) is 10.8. The molecule has 0 bridgehead atoms. The first-order valence-corrected chi connectivity index (χ1v) is 6.31. The van der Waals surface area contributed by atoms with Gasteiger partial charge in [-0.05, 0) is 19.8 Å². The maximum atomic E-state index is 11.4. The van der Waals surface area contributed by atoms with E-state index in [1.54, 1.807) is 7.11 Å². The van der Waals surface area contributed by atoms with E-state index in [9.17, 15) is 4.79 Å². The zero-order chi connectivity index (χ0) is 12.5. The van der Waals surface area contributed by atoms with Crippen LogP contribution in [0, 0.1) is 0 Å². The molecule has 1 aliphatic rings. The Morgan fingerprint density at radius 2 is 2.24 bits per heavy atom. The molecule has 1 saturated heterocycles. The minimum atomic E-state index is -0.0545. The number of ether oxygens (including phenoxy) is 2. The summed E-state index contributed by atoms with van der Waals surface area (Å²) in [7, 11) is 1.61. The molecule has 0 aliphatic carbocycles. The summed E-state index contributed by atoms with van der Waals surface area (Å²) in [6, 6.07) is 0.963. The second-order valence-electron chi connectivity index (χ2n) is 4.55. The number of methoxy groups -OCH3 is 1. The Morgan fingerprint density at radius 1 is 1.41 bits per heavy atom. The average molecular weight is 244 g/mol. The highest BCUT2D eigenvalue weighted by Crippen LogP contribution is 2.11. The van der Waals surface area contributed by atoms with Crippen LogP contribution >= 0.6 is 0 Å². The lowest BCUT2D eigenvalue weighted by Gasteiger charge is -2.28. The molecule has 1 amide bonds. The molecule has 1 rings (SSSR count). The van der Waals surface area contributed by atoms with E-state index in [1.165, 1.54) is 12.8 Å². The second-order valence-corrected chi connectivity index (χ2v) is 4.55. The molecule has 1 aliphatic heterocycles. The third kappa shape index (κ3) is 6.61. The molecule has 0 aromatic rings. The molecule has 0 aromatic heterocycles.